The van der Waals surface area contributed by atoms with Gasteiger partial charge in [-0.25, -0.2) is 0 Å². The van der Waals surface area contributed by atoms with Gasteiger partial charge in [0.05, 0.1) is 0 Å². The summed E-state index contributed by atoms with van der Waals surface area (Å²) in [6.07, 6.45) is 7.98. The SMILES string of the molecule is C=C(C)C1C(C(C)C(C)(C)C)CCC2=CC(=O)C=CC21C.CC.CC. The zero-order valence-corrected chi connectivity index (χ0v) is 18.5. The molecule has 0 aliphatic heterocycles. The van der Waals surface area contributed by atoms with Gasteiger partial charge in [-0.3, -0.25) is 4.79 Å². The van der Waals surface area contributed by atoms with E-state index in [0.29, 0.717) is 23.2 Å². The van der Waals surface area contributed by atoms with Gasteiger partial charge in [-0.1, -0.05) is 86.1 Å². The van der Waals surface area contributed by atoms with Crippen molar-refractivity contribution < 1.29 is 4.79 Å². The van der Waals surface area contributed by atoms with E-state index in [0.717, 1.165) is 6.42 Å². The first-order chi connectivity index (χ1) is 11.6. The van der Waals surface area contributed by atoms with Gasteiger partial charge >= 0.3 is 0 Å². The predicted octanol–water partition coefficient (Wildman–Crippen LogP) is 7.39. The first-order valence-corrected chi connectivity index (χ1v) is 10.2. The van der Waals surface area contributed by atoms with Gasteiger partial charge in [0, 0.05) is 5.41 Å². The maximum atomic E-state index is 11.7. The Morgan fingerprint density at radius 1 is 1.24 bits per heavy atom. The Bertz CT molecular complexity index is 515. The summed E-state index contributed by atoms with van der Waals surface area (Å²) in [4.78, 5) is 11.7. The number of carbonyl (C=O) groups excluding carboxylic acids is 1. The highest BCUT2D eigenvalue weighted by atomic mass is 16.1. The molecule has 1 fully saturated rings. The molecule has 0 aromatic heterocycles. The highest BCUT2D eigenvalue weighted by Gasteiger charge is 2.48. The monoisotopic (exact) mass is 346 g/mol. The summed E-state index contributed by atoms with van der Waals surface area (Å²) in [6.45, 7) is 26.1. The standard InChI is InChI=1S/C20H30O.2C2H6/c1-13(2)18-17(14(3)19(4,5)6)9-8-15-12-16(21)10-11-20(15,18)7;2*1-2/h10-12,14,17-18H,1,8-9H2,2-7H3;2*1-2H3. The van der Waals surface area contributed by atoms with E-state index in [1.54, 1.807) is 6.08 Å². The fourth-order valence-corrected chi connectivity index (χ4v) is 4.37. The zero-order chi connectivity index (χ0) is 20.0. The average Bonchev–Trinajstić information content (AvgIpc) is 2.56. The molecule has 4 atom stereocenters. The molecule has 1 saturated carbocycles. The molecule has 25 heavy (non-hydrogen) atoms. The molecule has 2 aliphatic carbocycles. The van der Waals surface area contributed by atoms with Crippen molar-refractivity contribution in [1.82, 2.24) is 0 Å². The third kappa shape index (κ3) is 5.19. The molecule has 0 N–H and O–H groups in total. The van der Waals surface area contributed by atoms with Gasteiger partial charge in [0.2, 0.25) is 0 Å². The second kappa shape index (κ2) is 9.55. The fraction of sp³-hybridized carbons (Fsp3) is 0.708. The summed E-state index contributed by atoms with van der Waals surface area (Å²) < 4.78 is 0. The van der Waals surface area contributed by atoms with Crippen LogP contribution in [0.4, 0.5) is 0 Å². The molecule has 4 unspecified atom stereocenters. The second-order valence-corrected chi connectivity index (χ2v) is 8.37. The summed E-state index contributed by atoms with van der Waals surface area (Å²) in [5, 5.41) is 0. The maximum absolute atomic E-state index is 11.7. The molecule has 1 heteroatoms. The topological polar surface area (TPSA) is 17.1 Å². The lowest BCUT2D eigenvalue weighted by Gasteiger charge is -2.52. The number of rotatable bonds is 2. The molecule has 0 spiro atoms. The van der Waals surface area contributed by atoms with Crippen molar-refractivity contribution in [3.63, 3.8) is 0 Å². The number of hydrogen-bond acceptors (Lipinski definition) is 1. The normalized spacial score (nSPS) is 29.2. The van der Waals surface area contributed by atoms with Crippen LogP contribution < -0.4 is 0 Å². The Morgan fingerprint density at radius 3 is 2.20 bits per heavy atom. The quantitative estimate of drug-likeness (QED) is 0.476. The van der Waals surface area contributed by atoms with Gasteiger partial charge in [0.25, 0.3) is 0 Å². The van der Waals surface area contributed by atoms with E-state index >= 15 is 0 Å². The summed E-state index contributed by atoms with van der Waals surface area (Å²) in [5.74, 6) is 1.83. The third-order valence-electron chi connectivity index (χ3n) is 5.96. The average molecular weight is 347 g/mol. The Balaban J connectivity index is 0.00000134. The fourth-order valence-electron chi connectivity index (χ4n) is 4.37. The smallest absolute Gasteiger partial charge is 0.178 e. The number of allylic oxidation sites excluding steroid dienone is 5. The van der Waals surface area contributed by atoms with Crippen LogP contribution in [-0.4, -0.2) is 5.78 Å². The Hall–Kier alpha value is -1.11. The molecule has 0 saturated heterocycles. The number of hydrogen-bond donors (Lipinski definition) is 0. The van der Waals surface area contributed by atoms with Crippen LogP contribution in [0.3, 0.4) is 0 Å². The van der Waals surface area contributed by atoms with Crippen LogP contribution in [-0.2, 0) is 4.79 Å². The molecule has 0 aromatic carbocycles. The Labute approximate surface area is 157 Å². The van der Waals surface area contributed by atoms with Gasteiger partial charge in [-0.2, -0.15) is 0 Å². The largest absolute Gasteiger partial charge is 0.290 e. The number of carbonyl (C=O) groups is 1. The molecule has 2 rings (SSSR count). The minimum absolute atomic E-state index is 0.0256. The van der Waals surface area contributed by atoms with Gasteiger partial charge < -0.3 is 0 Å². The molecular formula is C24H42O. The van der Waals surface area contributed by atoms with Crippen molar-refractivity contribution in [2.24, 2.45) is 28.6 Å². The van der Waals surface area contributed by atoms with Crippen LogP contribution in [0.2, 0.25) is 0 Å². The van der Waals surface area contributed by atoms with Crippen LogP contribution in [0.1, 0.15) is 82.1 Å². The Kier molecular flexibility index (Phi) is 9.13. The molecular weight excluding hydrogens is 304 g/mol. The van der Waals surface area contributed by atoms with E-state index in [-0.39, 0.29) is 11.2 Å². The van der Waals surface area contributed by atoms with Crippen LogP contribution >= 0.6 is 0 Å². The van der Waals surface area contributed by atoms with Crippen molar-refractivity contribution in [3.05, 3.63) is 36.0 Å². The van der Waals surface area contributed by atoms with Crippen LogP contribution in [0.5, 0.6) is 0 Å². The molecule has 0 bridgehead atoms. The third-order valence-corrected chi connectivity index (χ3v) is 5.96. The summed E-state index contributed by atoms with van der Waals surface area (Å²) >= 11 is 0. The van der Waals surface area contributed by atoms with Crippen molar-refractivity contribution in [2.75, 3.05) is 0 Å². The van der Waals surface area contributed by atoms with Crippen molar-refractivity contribution in [3.8, 4) is 0 Å². The lowest BCUT2D eigenvalue weighted by Crippen LogP contribution is -2.44. The molecule has 0 heterocycles. The molecule has 144 valence electrons. The van der Waals surface area contributed by atoms with Gasteiger partial charge in [0.1, 0.15) is 0 Å². The van der Waals surface area contributed by atoms with Crippen molar-refractivity contribution >= 4 is 5.78 Å². The summed E-state index contributed by atoms with van der Waals surface area (Å²) in [7, 11) is 0. The Morgan fingerprint density at radius 2 is 1.76 bits per heavy atom. The van der Waals surface area contributed by atoms with Gasteiger partial charge in [-0.15, -0.1) is 0 Å². The van der Waals surface area contributed by atoms with E-state index in [4.69, 9.17) is 0 Å². The minimum Gasteiger partial charge on any atom is -0.290 e. The zero-order valence-electron chi connectivity index (χ0n) is 18.5. The first kappa shape index (κ1) is 23.9. The van der Waals surface area contributed by atoms with Crippen molar-refractivity contribution in [2.45, 2.75) is 82.1 Å². The number of fused-ring (bicyclic) bond motifs is 1. The maximum Gasteiger partial charge on any atom is 0.178 e. The van der Waals surface area contributed by atoms with Crippen molar-refractivity contribution in [1.29, 1.82) is 0 Å². The predicted molar refractivity (Wildman–Crippen MR) is 113 cm³/mol. The summed E-state index contributed by atoms with van der Waals surface area (Å²) in [5.41, 5.74) is 2.83. The summed E-state index contributed by atoms with van der Waals surface area (Å²) in [6, 6.07) is 0. The lowest BCUT2D eigenvalue weighted by atomic mass is 9.52. The van der Waals surface area contributed by atoms with E-state index in [9.17, 15) is 4.79 Å². The van der Waals surface area contributed by atoms with Gasteiger partial charge in [-0.05, 0) is 55.1 Å². The highest BCUT2D eigenvalue weighted by molar-refractivity contribution is 6.01. The molecule has 0 amide bonds. The van der Waals surface area contributed by atoms with E-state index in [1.807, 2.05) is 33.8 Å². The second-order valence-electron chi connectivity index (χ2n) is 8.37. The minimum atomic E-state index is -0.0256. The molecule has 0 radical (unpaired) electrons. The van der Waals surface area contributed by atoms with Crippen LogP contribution in [0, 0.1) is 28.6 Å². The van der Waals surface area contributed by atoms with E-state index in [1.165, 1.54) is 17.6 Å². The molecule has 1 nitrogen and oxygen atoms in total. The molecule has 0 aromatic rings. The van der Waals surface area contributed by atoms with E-state index in [2.05, 4.69) is 54.2 Å². The van der Waals surface area contributed by atoms with Crippen LogP contribution in [0.25, 0.3) is 0 Å². The van der Waals surface area contributed by atoms with E-state index < -0.39 is 0 Å². The van der Waals surface area contributed by atoms with Gasteiger partial charge in [0.15, 0.2) is 5.78 Å². The number of ketones is 1. The molecule has 2 aliphatic rings. The van der Waals surface area contributed by atoms with Crippen LogP contribution in [0.15, 0.2) is 36.0 Å². The lowest BCUT2D eigenvalue weighted by molar-refractivity contribution is -0.110. The first-order valence-electron chi connectivity index (χ1n) is 10.2. The highest BCUT2D eigenvalue weighted by Crippen LogP contribution is 2.56.